The predicted octanol–water partition coefficient (Wildman–Crippen LogP) is 4.18. The molecule has 150 valence electrons. The molecule has 0 aliphatic heterocycles. The van der Waals surface area contributed by atoms with Crippen molar-refractivity contribution < 1.29 is 9.59 Å². The summed E-state index contributed by atoms with van der Waals surface area (Å²) in [5.74, 6) is -0.195. The standard InChI is InChI=1S/C24H32N2O2/c1-17-10-12-20(13-11-17)16-26(19(3)23(28)25-24(4,5)6)22(27)15-21-9-7-8-18(2)14-21/h7-14,19H,15-16H2,1-6H3,(H,25,28)/t19-/m0/s1. The van der Waals surface area contributed by atoms with Crippen LogP contribution in [-0.4, -0.2) is 28.3 Å². The van der Waals surface area contributed by atoms with Crippen molar-refractivity contribution in [1.82, 2.24) is 10.2 Å². The summed E-state index contributed by atoms with van der Waals surface area (Å²) in [4.78, 5) is 27.6. The van der Waals surface area contributed by atoms with Gasteiger partial charge in [0.25, 0.3) is 0 Å². The molecule has 0 saturated carbocycles. The lowest BCUT2D eigenvalue weighted by atomic mass is 10.1. The lowest BCUT2D eigenvalue weighted by Gasteiger charge is -2.31. The van der Waals surface area contributed by atoms with E-state index in [0.29, 0.717) is 6.54 Å². The number of rotatable bonds is 6. The van der Waals surface area contributed by atoms with E-state index in [1.54, 1.807) is 11.8 Å². The molecule has 0 spiro atoms. The predicted molar refractivity (Wildman–Crippen MR) is 114 cm³/mol. The Morgan fingerprint density at radius 1 is 0.964 bits per heavy atom. The number of carbonyl (C=O) groups excluding carboxylic acids is 2. The Bertz CT molecular complexity index is 819. The molecule has 0 aliphatic rings. The lowest BCUT2D eigenvalue weighted by molar-refractivity contribution is -0.140. The fourth-order valence-corrected chi connectivity index (χ4v) is 3.05. The minimum atomic E-state index is -0.558. The smallest absolute Gasteiger partial charge is 0.242 e. The second-order valence-corrected chi connectivity index (χ2v) is 8.59. The van der Waals surface area contributed by atoms with Gasteiger partial charge in [-0.15, -0.1) is 0 Å². The summed E-state index contributed by atoms with van der Waals surface area (Å²) in [7, 11) is 0. The number of hydrogen-bond donors (Lipinski definition) is 1. The van der Waals surface area contributed by atoms with Crippen LogP contribution in [0.5, 0.6) is 0 Å². The number of nitrogens with zero attached hydrogens (tertiary/aromatic N) is 1. The Kier molecular flexibility index (Phi) is 7.00. The molecule has 0 saturated heterocycles. The first-order valence-corrected chi connectivity index (χ1v) is 9.78. The fourth-order valence-electron chi connectivity index (χ4n) is 3.05. The number of benzene rings is 2. The van der Waals surface area contributed by atoms with Gasteiger partial charge in [-0.3, -0.25) is 9.59 Å². The maximum absolute atomic E-state index is 13.2. The van der Waals surface area contributed by atoms with Crippen molar-refractivity contribution in [2.24, 2.45) is 0 Å². The summed E-state index contributed by atoms with van der Waals surface area (Å²) < 4.78 is 0. The summed E-state index contributed by atoms with van der Waals surface area (Å²) in [6.45, 7) is 12.1. The van der Waals surface area contributed by atoms with Gasteiger partial charge >= 0.3 is 0 Å². The second kappa shape index (κ2) is 9.05. The van der Waals surface area contributed by atoms with Gasteiger partial charge < -0.3 is 10.2 Å². The molecule has 0 fully saturated rings. The molecule has 2 amide bonds. The average Bonchev–Trinajstić information content (AvgIpc) is 2.59. The van der Waals surface area contributed by atoms with Crippen LogP contribution in [0.15, 0.2) is 48.5 Å². The second-order valence-electron chi connectivity index (χ2n) is 8.59. The highest BCUT2D eigenvalue weighted by Gasteiger charge is 2.28. The summed E-state index contributed by atoms with van der Waals surface area (Å²) in [5, 5.41) is 2.99. The molecule has 2 rings (SSSR count). The van der Waals surface area contributed by atoms with Gasteiger partial charge in [0.15, 0.2) is 0 Å². The third kappa shape index (κ3) is 6.52. The van der Waals surface area contributed by atoms with Crippen molar-refractivity contribution in [2.75, 3.05) is 0 Å². The monoisotopic (exact) mass is 380 g/mol. The number of nitrogens with one attached hydrogen (secondary N) is 1. The third-order valence-electron chi connectivity index (χ3n) is 4.58. The highest BCUT2D eigenvalue weighted by Crippen LogP contribution is 2.15. The van der Waals surface area contributed by atoms with E-state index < -0.39 is 6.04 Å². The van der Waals surface area contributed by atoms with Gasteiger partial charge in [-0.05, 0) is 52.7 Å². The molecule has 2 aromatic carbocycles. The molecule has 1 N–H and O–H groups in total. The SMILES string of the molecule is Cc1ccc(CN(C(=O)Cc2cccc(C)c2)[C@@H](C)C(=O)NC(C)(C)C)cc1. The first kappa shape index (κ1) is 21.7. The minimum absolute atomic E-state index is 0.0530. The Hall–Kier alpha value is -2.62. The van der Waals surface area contributed by atoms with Crippen molar-refractivity contribution in [3.8, 4) is 0 Å². The Morgan fingerprint density at radius 2 is 1.61 bits per heavy atom. The van der Waals surface area contributed by atoms with Gasteiger partial charge in [0.05, 0.1) is 6.42 Å². The van der Waals surface area contributed by atoms with E-state index in [2.05, 4.69) is 5.32 Å². The van der Waals surface area contributed by atoms with Crippen LogP contribution in [0.4, 0.5) is 0 Å². The number of aryl methyl sites for hydroxylation is 2. The molecular weight excluding hydrogens is 348 g/mol. The molecule has 0 radical (unpaired) electrons. The van der Waals surface area contributed by atoms with Crippen molar-refractivity contribution >= 4 is 11.8 Å². The number of amides is 2. The maximum Gasteiger partial charge on any atom is 0.242 e. The summed E-state index contributed by atoms with van der Waals surface area (Å²) >= 11 is 0. The average molecular weight is 381 g/mol. The first-order chi connectivity index (χ1) is 13.0. The van der Waals surface area contributed by atoms with Gasteiger partial charge in [0.2, 0.25) is 11.8 Å². The number of hydrogen-bond acceptors (Lipinski definition) is 2. The van der Waals surface area contributed by atoms with Gasteiger partial charge in [-0.2, -0.15) is 0 Å². The summed E-state index contributed by atoms with van der Waals surface area (Å²) in [6, 6.07) is 15.5. The molecular formula is C24H32N2O2. The van der Waals surface area contributed by atoms with Crippen LogP contribution in [0.3, 0.4) is 0 Å². The van der Waals surface area contributed by atoms with Crippen LogP contribution >= 0.6 is 0 Å². The summed E-state index contributed by atoms with van der Waals surface area (Å²) in [6.07, 6.45) is 0.278. The zero-order valence-corrected chi connectivity index (χ0v) is 17.9. The molecule has 0 heterocycles. The van der Waals surface area contributed by atoms with Crippen LogP contribution in [-0.2, 0) is 22.6 Å². The molecule has 4 heteroatoms. The van der Waals surface area contributed by atoms with Crippen LogP contribution in [0.25, 0.3) is 0 Å². The van der Waals surface area contributed by atoms with E-state index in [4.69, 9.17) is 0 Å². The van der Waals surface area contributed by atoms with Crippen LogP contribution in [0.2, 0.25) is 0 Å². The van der Waals surface area contributed by atoms with Gasteiger partial charge in [-0.1, -0.05) is 59.7 Å². The molecule has 0 aliphatic carbocycles. The van der Waals surface area contributed by atoms with Crippen molar-refractivity contribution in [3.63, 3.8) is 0 Å². The Balaban J connectivity index is 2.24. The normalized spacial score (nSPS) is 12.4. The van der Waals surface area contributed by atoms with E-state index in [1.165, 1.54) is 5.56 Å². The molecule has 4 nitrogen and oxygen atoms in total. The molecule has 1 atom stereocenters. The molecule has 2 aromatic rings. The zero-order valence-electron chi connectivity index (χ0n) is 17.9. The van der Waals surface area contributed by atoms with E-state index in [1.807, 2.05) is 83.1 Å². The zero-order chi connectivity index (χ0) is 20.9. The first-order valence-electron chi connectivity index (χ1n) is 9.78. The minimum Gasteiger partial charge on any atom is -0.350 e. The van der Waals surface area contributed by atoms with Crippen molar-refractivity contribution in [2.45, 2.75) is 66.1 Å². The molecule has 0 unspecified atom stereocenters. The largest absolute Gasteiger partial charge is 0.350 e. The Labute approximate surface area is 169 Å². The molecule has 0 aromatic heterocycles. The quantitative estimate of drug-likeness (QED) is 0.817. The topological polar surface area (TPSA) is 49.4 Å². The third-order valence-corrected chi connectivity index (χ3v) is 4.58. The van der Waals surface area contributed by atoms with Crippen LogP contribution in [0.1, 0.15) is 49.9 Å². The van der Waals surface area contributed by atoms with E-state index in [0.717, 1.165) is 16.7 Å². The van der Waals surface area contributed by atoms with Crippen molar-refractivity contribution in [1.29, 1.82) is 0 Å². The highest BCUT2D eigenvalue weighted by molar-refractivity contribution is 5.88. The summed E-state index contributed by atoms with van der Waals surface area (Å²) in [5.41, 5.74) is 3.91. The molecule has 28 heavy (non-hydrogen) atoms. The van der Waals surface area contributed by atoms with E-state index >= 15 is 0 Å². The van der Waals surface area contributed by atoms with Crippen LogP contribution < -0.4 is 5.32 Å². The van der Waals surface area contributed by atoms with Crippen LogP contribution in [0, 0.1) is 13.8 Å². The van der Waals surface area contributed by atoms with E-state index in [-0.39, 0.29) is 23.8 Å². The molecule has 0 bridgehead atoms. The van der Waals surface area contributed by atoms with Gasteiger partial charge in [0, 0.05) is 12.1 Å². The highest BCUT2D eigenvalue weighted by atomic mass is 16.2. The maximum atomic E-state index is 13.2. The lowest BCUT2D eigenvalue weighted by Crippen LogP contribution is -2.52. The number of carbonyl (C=O) groups is 2. The van der Waals surface area contributed by atoms with E-state index in [9.17, 15) is 9.59 Å². The van der Waals surface area contributed by atoms with Crippen molar-refractivity contribution in [3.05, 3.63) is 70.8 Å². The fraction of sp³-hybridized carbons (Fsp3) is 0.417. The Morgan fingerprint density at radius 3 is 2.18 bits per heavy atom. The van der Waals surface area contributed by atoms with Gasteiger partial charge in [-0.25, -0.2) is 0 Å². The van der Waals surface area contributed by atoms with Gasteiger partial charge in [0.1, 0.15) is 6.04 Å².